The highest BCUT2D eigenvalue weighted by atomic mass is 16.5. The number of likely N-dealkylation sites (tertiary alicyclic amines) is 1. The van der Waals surface area contributed by atoms with E-state index in [0.717, 1.165) is 47.3 Å². The number of allylic oxidation sites excluding steroid dienone is 1. The van der Waals surface area contributed by atoms with Gasteiger partial charge < -0.3 is 20.8 Å². The summed E-state index contributed by atoms with van der Waals surface area (Å²) in [5.74, 6) is 1.42. The van der Waals surface area contributed by atoms with Crippen molar-refractivity contribution in [2.75, 3.05) is 18.9 Å². The number of benzene rings is 2. The van der Waals surface area contributed by atoms with Gasteiger partial charge in [0, 0.05) is 22.9 Å². The number of rotatable bonds is 8. The molecule has 0 bridgehead atoms. The first kappa shape index (κ1) is 33.7. The highest BCUT2D eigenvalue weighted by Crippen LogP contribution is 2.38. The lowest BCUT2D eigenvalue weighted by Crippen LogP contribution is -2.41. The largest absolute Gasteiger partial charge is 0.484 e. The van der Waals surface area contributed by atoms with Gasteiger partial charge in [-0.05, 0) is 93.6 Å². The predicted octanol–water partition coefficient (Wildman–Crippen LogP) is 6.78. The number of amides is 2. The Balaban J connectivity index is 1.32. The molecule has 6 N–H and O–H groups in total. The number of ether oxygens (including phenoxy) is 1. The summed E-state index contributed by atoms with van der Waals surface area (Å²) in [5, 5.41) is 35.3. The van der Waals surface area contributed by atoms with E-state index in [4.69, 9.17) is 21.0 Å². The van der Waals surface area contributed by atoms with Gasteiger partial charge in [0.15, 0.2) is 0 Å². The molecular weight excluding hydrogens is 588 g/mol. The van der Waals surface area contributed by atoms with Gasteiger partial charge in [-0.3, -0.25) is 25.6 Å². The third kappa shape index (κ3) is 8.00. The van der Waals surface area contributed by atoms with Crippen LogP contribution >= 0.6 is 0 Å². The van der Waals surface area contributed by atoms with Crippen molar-refractivity contribution in [3.05, 3.63) is 100 Å². The number of carbonyl (C=O) groups is 1. The summed E-state index contributed by atoms with van der Waals surface area (Å²) < 4.78 is 8.13. The van der Waals surface area contributed by atoms with Crippen molar-refractivity contribution in [1.82, 2.24) is 20.1 Å². The Morgan fingerprint density at radius 1 is 1.00 bits per heavy atom. The molecule has 5 rings (SSSR count). The number of fused-ring (bicyclic) bond motifs is 1. The van der Waals surface area contributed by atoms with E-state index in [1.54, 1.807) is 29.0 Å². The number of aryl methyl sites for hydroxylation is 2. The zero-order valence-corrected chi connectivity index (χ0v) is 28.3. The zero-order chi connectivity index (χ0) is 33.9. The molecule has 2 aliphatic rings. The molecule has 1 fully saturated rings. The average molecular weight is 637 g/mol. The summed E-state index contributed by atoms with van der Waals surface area (Å²) in [6, 6.07) is 16.9. The standard InChI is InChI=1S/C37H48N8O2/c1-23-13-14-24(2)29(20-23)41-34(21-32(38)37(3,4)5)43-36(46)42-28-16-17-31(27-11-8-7-10-26(27)28)47-25-15-18-33(39)45(22-25)35(40)30-12-9-19-44(30)6/h7-8,10-11,13-15,18,20-22,28,30-31,38-41H,9,12,16-17,19H2,1-6H3,(H2,42,43,46)/b34-21+,38-32?,39-33?,40-35?/t28?,30-,31?/m0/s1. The number of hydrogen-bond acceptors (Lipinski definition) is 7. The topological polar surface area (TPSA) is 142 Å². The number of nitrogens with one attached hydrogen (secondary N) is 6. The molecule has 0 radical (unpaired) electrons. The first-order chi connectivity index (χ1) is 22.3. The molecule has 10 nitrogen and oxygen atoms in total. The summed E-state index contributed by atoms with van der Waals surface area (Å²) in [5.41, 5.74) is 5.22. The Labute approximate surface area is 277 Å². The van der Waals surface area contributed by atoms with Crippen LogP contribution in [-0.2, 0) is 0 Å². The molecule has 1 aliphatic carbocycles. The van der Waals surface area contributed by atoms with Gasteiger partial charge >= 0.3 is 6.03 Å². The minimum Gasteiger partial charge on any atom is -0.484 e. The van der Waals surface area contributed by atoms with Gasteiger partial charge in [-0.15, -0.1) is 0 Å². The summed E-state index contributed by atoms with van der Waals surface area (Å²) in [6.07, 6.45) is 6.47. The fourth-order valence-electron chi connectivity index (χ4n) is 6.15. The quantitative estimate of drug-likeness (QED) is 0.120. The van der Waals surface area contributed by atoms with Crippen LogP contribution in [0.25, 0.3) is 0 Å². The van der Waals surface area contributed by atoms with E-state index in [1.165, 1.54) is 0 Å². The fourth-order valence-corrected chi connectivity index (χ4v) is 6.15. The van der Waals surface area contributed by atoms with Crippen LogP contribution in [-0.4, -0.2) is 46.7 Å². The molecule has 10 heteroatoms. The molecule has 2 aromatic carbocycles. The lowest BCUT2D eigenvalue weighted by atomic mass is 9.85. The van der Waals surface area contributed by atoms with Gasteiger partial charge in [0.25, 0.3) is 0 Å². The SMILES string of the molecule is Cc1ccc(C)c(N/C(=C\C(=N)C(C)(C)C)NC(=O)NC2CCC(Oc3ccc(=N)n(C(=N)[C@@H]4CCCN4C)c3)c3ccccc32)c1. The molecule has 0 saturated carbocycles. The van der Waals surface area contributed by atoms with Crippen LogP contribution in [0.3, 0.4) is 0 Å². The number of nitrogens with zero attached hydrogens (tertiary/aromatic N) is 2. The molecule has 47 heavy (non-hydrogen) atoms. The van der Waals surface area contributed by atoms with Gasteiger partial charge in [0.05, 0.1) is 18.3 Å². The van der Waals surface area contributed by atoms with Crippen LogP contribution < -0.4 is 26.2 Å². The molecule has 2 unspecified atom stereocenters. The maximum atomic E-state index is 13.5. The molecular formula is C37H48N8O2. The van der Waals surface area contributed by atoms with Crippen LogP contribution in [0.1, 0.15) is 80.9 Å². The van der Waals surface area contributed by atoms with E-state index < -0.39 is 5.41 Å². The second kappa shape index (κ2) is 14.0. The third-order valence-electron chi connectivity index (χ3n) is 9.04. The molecule has 3 aromatic rings. The molecule has 0 spiro atoms. The second-order valence-corrected chi connectivity index (χ2v) is 13.8. The van der Waals surface area contributed by atoms with Crippen LogP contribution in [0.15, 0.2) is 72.7 Å². The average Bonchev–Trinajstić information content (AvgIpc) is 3.45. The van der Waals surface area contributed by atoms with Crippen molar-refractivity contribution in [1.29, 1.82) is 16.2 Å². The van der Waals surface area contributed by atoms with E-state index in [0.29, 0.717) is 36.0 Å². The van der Waals surface area contributed by atoms with E-state index in [9.17, 15) is 4.79 Å². The van der Waals surface area contributed by atoms with E-state index in [-0.39, 0.29) is 29.7 Å². The Bertz CT molecular complexity index is 1750. The Kier molecular flexibility index (Phi) is 10.0. The lowest BCUT2D eigenvalue weighted by molar-refractivity contribution is 0.170. The zero-order valence-electron chi connectivity index (χ0n) is 28.3. The first-order valence-electron chi connectivity index (χ1n) is 16.3. The molecule has 248 valence electrons. The van der Waals surface area contributed by atoms with Crippen LogP contribution in [0.4, 0.5) is 10.5 Å². The molecule has 1 aliphatic heterocycles. The Hall–Kier alpha value is -4.70. The number of anilines is 1. The van der Waals surface area contributed by atoms with Crippen molar-refractivity contribution in [2.45, 2.75) is 78.5 Å². The van der Waals surface area contributed by atoms with Crippen molar-refractivity contribution < 1.29 is 9.53 Å². The normalized spacial score (nSPS) is 19.9. The Morgan fingerprint density at radius 3 is 2.45 bits per heavy atom. The fraction of sp³-hybridized carbons (Fsp3) is 0.405. The third-order valence-corrected chi connectivity index (χ3v) is 9.04. The van der Waals surface area contributed by atoms with Crippen molar-refractivity contribution in [3.8, 4) is 5.75 Å². The highest BCUT2D eigenvalue weighted by Gasteiger charge is 2.30. The van der Waals surface area contributed by atoms with Crippen molar-refractivity contribution >= 4 is 23.3 Å². The summed E-state index contributed by atoms with van der Waals surface area (Å²) >= 11 is 0. The molecule has 1 saturated heterocycles. The van der Waals surface area contributed by atoms with Crippen LogP contribution in [0, 0.1) is 35.5 Å². The smallest absolute Gasteiger partial charge is 0.320 e. The molecule has 2 heterocycles. The monoisotopic (exact) mass is 636 g/mol. The van der Waals surface area contributed by atoms with E-state index in [2.05, 4.69) is 20.9 Å². The summed E-state index contributed by atoms with van der Waals surface area (Å²) in [6.45, 7) is 10.9. The lowest BCUT2D eigenvalue weighted by Gasteiger charge is -2.32. The van der Waals surface area contributed by atoms with Gasteiger partial charge in [-0.25, -0.2) is 4.79 Å². The van der Waals surface area contributed by atoms with Gasteiger partial charge in [-0.1, -0.05) is 57.2 Å². The number of hydrogen-bond donors (Lipinski definition) is 6. The molecule has 3 atom stereocenters. The van der Waals surface area contributed by atoms with Crippen molar-refractivity contribution in [3.63, 3.8) is 0 Å². The van der Waals surface area contributed by atoms with Crippen LogP contribution in [0.5, 0.6) is 5.75 Å². The minimum atomic E-state index is -0.391. The molecule has 2 amide bonds. The van der Waals surface area contributed by atoms with Gasteiger partial charge in [0.2, 0.25) is 0 Å². The summed E-state index contributed by atoms with van der Waals surface area (Å²) in [4.78, 5) is 15.7. The molecule has 1 aromatic heterocycles. The highest BCUT2D eigenvalue weighted by molar-refractivity contribution is 5.98. The van der Waals surface area contributed by atoms with Gasteiger partial charge in [0.1, 0.15) is 29.0 Å². The van der Waals surface area contributed by atoms with E-state index in [1.807, 2.05) is 84.1 Å². The minimum absolute atomic E-state index is 0.0156. The van der Waals surface area contributed by atoms with Crippen molar-refractivity contribution in [2.24, 2.45) is 5.41 Å². The number of carbonyl (C=O) groups excluding carboxylic acids is 1. The second-order valence-electron chi connectivity index (χ2n) is 13.8. The predicted molar refractivity (Wildman–Crippen MR) is 187 cm³/mol. The summed E-state index contributed by atoms with van der Waals surface area (Å²) in [7, 11) is 2.02. The maximum Gasteiger partial charge on any atom is 0.320 e. The maximum absolute atomic E-state index is 13.5. The number of likely N-dealkylation sites (N-methyl/N-ethyl adjacent to an activating group) is 1. The Morgan fingerprint density at radius 2 is 1.74 bits per heavy atom. The number of aromatic nitrogens is 1. The number of urea groups is 1. The number of pyridine rings is 1. The van der Waals surface area contributed by atoms with E-state index >= 15 is 0 Å². The van der Waals surface area contributed by atoms with Gasteiger partial charge in [-0.2, -0.15) is 0 Å². The first-order valence-corrected chi connectivity index (χ1v) is 16.3. The van der Waals surface area contributed by atoms with Crippen LogP contribution in [0.2, 0.25) is 0 Å².